The molecule has 18 heavy (non-hydrogen) atoms. The summed E-state index contributed by atoms with van der Waals surface area (Å²) in [5, 5.41) is 3.64. The van der Waals surface area contributed by atoms with Crippen molar-refractivity contribution < 1.29 is 9.26 Å². The number of hydrogen-bond acceptors (Lipinski definition) is 4. The summed E-state index contributed by atoms with van der Waals surface area (Å²) in [7, 11) is 0. The quantitative estimate of drug-likeness (QED) is 0.901. The van der Waals surface area contributed by atoms with E-state index >= 15 is 0 Å². The highest BCUT2D eigenvalue weighted by molar-refractivity contribution is 5.38. The van der Waals surface area contributed by atoms with Crippen LogP contribution in [0.15, 0.2) is 35.2 Å². The van der Waals surface area contributed by atoms with E-state index in [0.717, 1.165) is 30.6 Å². The van der Waals surface area contributed by atoms with E-state index < -0.39 is 0 Å². The number of nitrogens with two attached hydrogens (primary N) is 1. The molecule has 2 aromatic rings. The first-order valence-electron chi connectivity index (χ1n) is 6.22. The third-order valence-electron chi connectivity index (χ3n) is 3.36. The zero-order chi connectivity index (χ0) is 12.4. The van der Waals surface area contributed by atoms with Crippen molar-refractivity contribution in [1.29, 1.82) is 0 Å². The predicted molar refractivity (Wildman–Crippen MR) is 67.1 cm³/mol. The predicted octanol–water partition coefficient (Wildman–Crippen LogP) is 2.59. The van der Waals surface area contributed by atoms with Gasteiger partial charge in [0.05, 0.1) is 6.20 Å². The maximum atomic E-state index is 6.09. The molecule has 1 aliphatic rings. The van der Waals surface area contributed by atoms with Gasteiger partial charge in [-0.2, -0.15) is 0 Å². The van der Waals surface area contributed by atoms with E-state index in [9.17, 15) is 0 Å². The highest BCUT2D eigenvalue weighted by Gasteiger charge is 2.16. The molecule has 1 atom stereocenters. The van der Waals surface area contributed by atoms with Crippen LogP contribution in [0, 0.1) is 0 Å². The standard InChI is InChI=1S/C14H16N2O2/c15-14-3-1-2-11-6-12(4-5-13(11)14)17-8-10-7-16-18-9-10/h4-7,9,14H,1-3,8,15H2. The Kier molecular flexibility index (Phi) is 3.02. The van der Waals surface area contributed by atoms with Gasteiger partial charge in [-0.25, -0.2) is 0 Å². The minimum atomic E-state index is 0.181. The van der Waals surface area contributed by atoms with Gasteiger partial charge in [0, 0.05) is 11.6 Å². The molecule has 0 aliphatic heterocycles. The van der Waals surface area contributed by atoms with Crippen molar-refractivity contribution in [3.05, 3.63) is 47.3 Å². The number of benzene rings is 1. The van der Waals surface area contributed by atoms with Crippen molar-refractivity contribution in [1.82, 2.24) is 5.16 Å². The lowest BCUT2D eigenvalue weighted by molar-refractivity contribution is 0.303. The van der Waals surface area contributed by atoms with Crippen LogP contribution < -0.4 is 10.5 Å². The zero-order valence-corrected chi connectivity index (χ0v) is 10.1. The molecule has 0 bridgehead atoms. The van der Waals surface area contributed by atoms with Crippen molar-refractivity contribution in [3.8, 4) is 5.75 Å². The molecule has 3 rings (SSSR count). The summed E-state index contributed by atoms with van der Waals surface area (Å²) in [6.07, 6.45) is 6.58. The van der Waals surface area contributed by atoms with Crippen LogP contribution >= 0.6 is 0 Å². The Morgan fingerprint density at radius 2 is 2.39 bits per heavy atom. The number of hydrogen-bond donors (Lipinski definition) is 1. The highest BCUT2D eigenvalue weighted by atomic mass is 16.5. The summed E-state index contributed by atoms with van der Waals surface area (Å²) in [4.78, 5) is 0. The summed E-state index contributed by atoms with van der Waals surface area (Å²) < 4.78 is 10.5. The van der Waals surface area contributed by atoms with Gasteiger partial charge < -0.3 is 15.0 Å². The molecular weight excluding hydrogens is 228 g/mol. The van der Waals surface area contributed by atoms with Crippen molar-refractivity contribution in [3.63, 3.8) is 0 Å². The average Bonchev–Trinajstić information content (AvgIpc) is 2.90. The van der Waals surface area contributed by atoms with Gasteiger partial charge in [-0.3, -0.25) is 0 Å². The number of aryl methyl sites for hydroxylation is 1. The summed E-state index contributed by atoms with van der Waals surface area (Å²) in [5.74, 6) is 0.879. The Morgan fingerprint density at radius 1 is 1.44 bits per heavy atom. The minimum absolute atomic E-state index is 0.181. The molecule has 1 heterocycles. The molecule has 0 saturated heterocycles. The van der Waals surface area contributed by atoms with Gasteiger partial charge in [0.25, 0.3) is 0 Å². The molecule has 0 amide bonds. The summed E-state index contributed by atoms with van der Waals surface area (Å²) >= 11 is 0. The zero-order valence-electron chi connectivity index (χ0n) is 10.1. The Bertz CT molecular complexity index is 523. The fourth-order valence-corrected chi connectivity index (χ4v) is 2.38. The second-order valence-corrected chi connectivity index (χ2v) is 4.68. The van der Waals surface area contributed by atoms with Crippen LogP contribution in [0.3, 0.4) is 0 Å². The Hall–Kier alpha value is -1.81. The van der Waals surface area contributed by atoms with E-state index in [1.807, 2.05) is 6.07 Å². The molecule has 1 unspecified atom stereocenters. The van der Waals surface area contributed by atoms with Crippen LogP contribution in [-0.4, -0.2) is 5.16 Å². The van der Waals surface area contributed by atoms with Crippen LogP contribution in [0.2, 0.25) is 0 Å². The molecule has 1 aliphatic carbocycles. The van der Waals surface area contributed by atoms with Crippen molar-refractivity contribution >= 4 is 0 Å². The van der Waals surface area contributed by atoms with Crippen molar-refractivity contribution in [2.75, 3.05) is 0 Å². The van der Waals surface area contributed by atoms with Crippen LogP contribution in [0.1, 0.15) is 35.6 Å². The maximum Gasteiger partial charge on any atom is 0.130 e. The molecular formula is C14H16N2O2. The van der Waals surface area contributed by atoms with Crippen molar-refractivity contribution in [2.45, 2.75) is 31.9 Å². The monoisotopic (exact) mass is 244 g/mol. The van der Waals surface area contributed by atoms with Crippen LogP contribution in [-0.2, 0) is 13.0 Å². The average molecular weight is 244 g/mol. The number of fused-ring (bicyclic) bond motifs is 1. The summed E-state index contributed by atoms with van der Waals surface area (Å²) in [6.45, 7) is 0.480. The highest BCUT2D eigenvalue weighted by Crippen LogP contribution is 2.30. The second kappa shape index (κ2) is 4.82. The molecule has 94 valence electrons. The third kappa shape index (κ3) is 2.24. The minimum Gasteiger partial charge on any atom is -0.489 e. The Morgan fingerprint density at radius 3 is 3.22 bits per heavy atom. The number of nitrogens with zero attached hydrogens (tertiary/aromatic N) is 1. The van der Waals surface area contributed by atoms with E-state index in [-0.39, 0.29) is 6.04 Å². The van der Waals surface area contributed by atoms with Crippen LogP contribution in [0.4, 0.5) is 0 Å². The molecule has 1 aromatic carbocycles. The molecule has 0 saturated carbocycles. The largest absolute Gasteiger partial charge is 0.489 e. The van der Waals surface area contributed by atoms with Gasteiger partial charge in [0.15, 0.2) is 0 Å². The molecule has 0 radical (unpaired) electrons. The lowest BCUT2D eigenvalue weighted by atomic mass is 9.88. The summed E-state index contributed by atoms with van der Waals surface area (Å²) in [5.41, 5.74) is 9.60. The normalized spacial score (nSPS) is 18.4. The summed E-state index contributed by atoms with van der Waals surface area (Å²) in [6, 6.07) is 6.35. The molecule has 1 aromatic heterocycles. The van der Waals surface area contributed by atoms with E-state index in [1.165, 1.54) is 11.1 Å². The first kappa shape index (κ1) is 11.3. The molecule has 0 spiro atoms. The van der Waals surface area contributed by atoms with Gasteiger partial charge in [-0.1, -0.05) is 11.2 Å². The smallest absolute Gasteiger partial charge is 0.130 e. The first-order valence-corrected chi connectivity index (χ1v) is 6.22. The lowest BCUT2D eigenvalue weighted by Crippen LogP contribution is -2.17. The Balaban J connectivity index is 1.74. The molecule has 0 fully saturated rings. The molecule has 4 nitrogen and oxygen atoms in total. The van der Waals surface area contributed by atoms with Crippen LogP contribution in [0.25, 0.3) is 0 Å². The van der Waals surface area contributed by atoms with E-state index in [1.54, 1.807) is 12.5 Å². The van der Waals surface area contributed by atoms with Crippen LogP contribution in [0.5, 0.6) is 5.75 Å². The number of aromatic nitrogens is 1. The van der Waals surface area contributed by atoms with Gasteiger partial charge in [-0.05, 0) is 42.5 Å². The van der Waals surface area contributed by atoms with E-state index in [4.69, 9.17) is 15.0 Å². The van der Waals surface area contributed by atoms with Gasteiger partial charge in [0.1, 0.15) is 18.6 Å². The topological polar surface area (TPSA) is 61.3 Å². The van der Waals surface area contributed by atoms with E-state index in [2.05, 4.69) is 17.3 Å². The first-order chi connectivity index (χ1) is 8.83. The van der Waals surface area contributed by atoms with Gasteiger partial charge >= 0.3 is 0 Å². The number of ether oxygens (including phenoxy) is 1. The fourth-order valence-electron chi connectivity index (χ4n) is 2.38. The van der Waals surface area contributed by atoms with E-state index in [0.29, 0.717) is 6.61 Å². The molecule has 2 N–H and O–H groups in total. The lowest BCUT2D eigenvalue weighted by Gasteiger charge is -2.22. The molecule has 4 heteroatoms. The third-order valence-corrected chi connectivity index (χ3v) is 3.36. The second-order valence-electron chi connectivity index (χ2n) is 4.68. The maximum absolute atomic E-state index is 6.09. The van der Waals surface area contributed by atoms with Crippen molar-refractivity contribution in [2.24, 2.45) is 5.73 Å². The SMILES string of the molecule is NC1CCCc2cc(OCc3cnoc3)ccc21. The van der Waals surface area contributed by atoms with Gasteiger partial charge in [0.2, 0.25) is 0 Å². The van der Waals surface area contributed by atoms with Gasteiger partial charge in [-0.15, -0.1) is 0 Å². The fraction of sp³-hybridized carbons (Fsp3) is 0.357. The Labute approximate surface area is 106 Å². The number of rotatable bonds is 3.